The maximum absolute atomic E-state index is 5.86. The number of aromatic nitrogens is 1. The monoisotopic (exact) mass is 349 g/mol. The van der Waals surface area contributed by atoms with Gasteiger partial charge in [0.15, 0.2) is 5.13 Å². The Morgan fingerprint density at radius 1 is 1.08 bits per heavy atom. The van der Waals surface area contributed by atoms with E-state index in [1.54, 1.807) is 16.9 Å². The largest absolute Gasteiger partial charge is 0.375 e. The molecule has 2 aliphatic rings. The van der Waals surface area contributed by atoms with Gasteiger partial charge in [-0.2, -0.15) is 0 Å². The first-order chi connectivity index (χ1) is 12.3. The van der Waals surface area contributed by atoms with Crippen molar-refractivity contribution in [3.8, 4) is 0 Å². The van der Waals surface area contributed by atoms with Crippen molar-refractivity contribution >= 4 is 27.2 Å². The van der Waals surface area contributed by atoms with E-state index in [0.717, 1.165) is 42.9 Å². The minimum Gasteiger partial charge on any atom is -0.375 e. The number of fused-ring (bicyclic) bond motifs is 2. The second-order valence-electron chi connectivity index (χ2n) is 7.39. The molecule has 1 fully saturated rings. The minimum absolute atomic E-state index is 0.733. The molecule has 1 aliphatic carbocycles. The number of anilines is 1. The number of nitrogen functional groups attached to an aromatic ring is 1. The first-order valence-corrected chi connectivity index (χ1v) is 10.0. The van der Waals surface area contributed by atoms with Gasteiger partial charge < -0.3 is 10.6 Å². The van der Waals surface area contributed by atoms with Crippen LogP contribution < -0.4 is 5.73 Å². The number of nitrogens with zero attached hydrogens (tertiary/aromatic N) is 2. The Morgan fingerprint density at radius 2 is 1.92 bits per heavy atom. The molecule has 1 aromatic heterocycles. The van der Waals surface area contributed by atoms with Crippen LogP contribution in [0, 0.1) is 5.92 Å². The topological polar surface area (TPSA) is 42.1 Å². The van der Waals surface area contributed by atoms with Crippen molar-refractivity contribution in [2.24, 2.45) is 5.92 Å². The Hall–Kier alpha value is -1.91. The molecule has 5 rings (SSSR count). The molecule has 2 aromatic carbocycles. The van der Waals surface area contributed by atoms with Gasteiger partial charge in [0.25, 0.3) is 0 Å². The van der Waals surface area contributed by atoms with Gasteiger partial charge in [0.05, 0.1) is 5.69 Å². The van der Waals surface area contributed by atoms with Crippen LogP contribution in [0.4, 0.5) is 5.13 Å². The van der Waals surface area contributed by atoms with Crippen molar-refractivity contribution in [1.82, 2.24) is 9.88 Å². The van der Waals surface area contributed by atoms with Gasteiger partial charge in [-0.05, 0) is 41.0 Å². The maximum Gasteiger partial charge on any atom is 0.180 e. The number of hydrogen-bond acceptors (Lipinski definition) is 4. The summed E-state index contributed by atoms with van der Waals surface area (Å²) >= 11 is 1.68. The third kappa shape index (κ3) is 2.94. The fourth-order valence-corrected chi connectivity index (χ4v) is 5.21. The standard InChI is InChI=1S/C21H23N3S/c22-21-23-19-8-10-24(11-9-20(19)25-21)13-15-12-18(15)17-7-3-5-14-4-1-2-6-16(14)17/h1-7,15,18H,8-13H2,(H2,22,23). The Balaban J connectivity index is 1.27. The molecule has 2 atom stereocenters. The molecule has 1 aliphatic heterocycles. The summed E-state index contributed by atoms with van der Waals surface area (Å²) in [6.45, 7) is 3.49. The molecule has 0 spiro atoms. The number of hydrogen-bond donors (Lipinski definition) is 1. The van der Waals surface area contributed by atoms with Gasteiger partial charge in [-0.3, -0.25) is 0 Å². The van der Waals surface area contributed by atoms with Crippen molar-refractivity contribution in [3.05, 3.63) is 58.6 Å². The Morgan fingerprint density at radius 3 is 2.88 bits per heavy atom. The molecular formula is C21H23N3S. The molecule has 0 saturated heterocycles. The molecule has 25 heavy (non-hydrogen) atoms. The number of thiazole rings is 1. The highest BCUT2D eigenvalue weighted by atomic mass is 32.1. The summed E-state index contributed by atoms with van der Waals surface area (Å²) in [6, 6.07) is 15.6. The molecule has 0 radical (unpaired) electrons. The van der Waals surface area contributed by atoms with E-state index < -0.39 is 0 Å². The molecule has 0 bridgehead atoms. The van der Waals surface area contributed by atoms with Crippen LogP contribution in [-0.2, 0) is 12.8 Å². The quantitative estimate of drug-likeness (QED) is 0.775. The van der Waals surface area contributed by atoms with Gasteiger partial charge in [0, 0.05) is 30.9 Å². The first kappa shape index (κ1) is 15.4. The van der Waals surface area contributed by atoms with Crippen LogP contribution in [0.25, 0.3) is 10.8 Å². The molecule has 3 aromatic rings. The number of nitrogens with two attached hydrogens (primary N) is 1. The smallest absolute Gasteiger partial charge is 0.180 e. The summed E-state index contributed by atoms with van der Waals surface area (Å²) in [5.74, 6) is 1.54. The summed E-state index contributed by atoms with van der Waals surface area (Å²) in [7, 11) is 0. The van der Waals surface area contributed by atoms with Crippen LogP contribution in [0.15, 0.2) is 42.5 Å². The normalized spacial score (nSPS) is 23.4. The van der Waals surface area contributed by atoms with Crippen molar-refractivity contribution in [1.29, 1.82) is 0 Å². The molecule has 128 valence electrons. The van der Waals surface area contributed by atoms with E-state index >= 15 is 0 Å². The fraction of sp³-hybridized carbons (Fsp3) is 0.381. The highest BCUT2D eigenvalue weighted by Crippen LogP contribution is 2.49. The Labute approximate surface area is 152 Å². The van der Waals surface area contributed by atoms with Crippen molar-refractivity contribution in [2.45, 2.75) is 25.2 Å². The molecule has 1 saturated carbocycles. The molecule has 2 unspecified atom stereocenters. The second-order valence-corrected chi connectivity index (χ2v) is 8.51. The van der Waals surface area contributed by atoms with E-state index in [-0.39, 0.29) is 0 Å². The van der Waals surface area contributed by atoms with E-state index in [9.17, 15) is 0 Å². The molecule has 2 N–H and O–H groups in total. The first-order valence-electron chi connectivity index (χ1n) is 9.22. The van der Waals surface area contributed by atoms with Crippen LogP contribution in [-0.4, -0.2) is 29.5 Å². The minimum atomic E-state index is 0.733. The zero-order valence-corrected chi connectivity index (χ0v) is 15.1. The van der Waals surface area contributed by atoms with Crippen molar-refractivity contribution in [2.75, 3.05) is 25.4 Å². The Bertz CT molecular complexity index is 886. The molecule has 0 amide bonds. The van der Waals surface area contributed by atoms with Crippen molar-refractivity contribution in [3.63, 3.8) is 0 Å². The molecular weight excluding hydrogens is 326 g/mol. The van der Waals surface area contributed by atoms with Crippen LogP contribution in [0.1, 0.15) is 28.5 Å². The average Bonchev–Trinajstić information content (AvgIpc) is 3.34. The lowest BCUT2D eigenvalue weighted by Gasteiger charge is -2.19. The lowest BCUT2D eigenvalue weighted by Crippen LogP contribution is -2.29. The van der Waals surface area contributed by atoms with Gasteiger partial charge in [0.2, 0.25) is 0 Å². The fourth-order valence-electron chi connectivity index (χ4n) is 4.35. The van der Waals surface area contributed by atoms with Crippen LogP contribution in [0.2, 0.25) is 0 Å². The Kier molecular flexibility index (Phi) is 3.75. The highest BCUT2D eigenvalue weighted by molar-refractivity contribution is 7.15. The maximum atomic E-state index is 5.86. The van der Waals surface area contributed by atoms with Crippen molar-refractivity contribution < 1.29 is 0 Å². The molecule has 2 heterocycles. The van der Waals surface area contributed by atoms with Crippen LogP contribution in [0.5, 0.6) is 0 Å². The number of benzene rings is 2. The summed E-state index contributed by atoms with van der Waals surface area (Å²) in [5.41, 5.74) is 8.65. The van der Waals surface area contributed by atoms with Gasteiger partial charge in [-0.1, -0.05) is 42.5 Å². The number of rotatable bonds is 3. The summed E-state index contributed by atoms with van der Waals surface area (Å²) in [5, 5.41) is 3.54. The lowest BCUT2D eigenvalue weighted by atomic mass is 10.00. The third-order valence-electron chi connectivity index (χ3n) is 5.75. The predicted octanol–water partition coefficient (Wildman–Crippen LogP) is 4.08. The molecule has 4 heteroatoms. The zero-order chi connectivity index (χ0) is 16.8. The second kappa shape index (κ2) is 6.11. The summed E-state index contributed by atoms with van der Waals surface area (Å²) in [4.78, 5) is 8.55. The predicted molar refractivity (Wildman–Crippen MR) is 105 cm³/mol. The van der Waals surface area contributed by atoms with Gasteiger partial charge in [-0.15, -0.1) is 11.3 Å². The summed E-state index contributed by atoms with van der Waals surface area (Å²) < 4.78 is 0. The van der Waals surface area contributed by atoms with E-state index in [0.29, 0.717) is 0 Å². The van der Waals surface area contributed by atoms with E-state index in [4.69, 9.17) is 5.73 Å². The average molecular weight is 350 g/mol. The van der Waals surface area contributed by atoms with Crippen LogP contribution >= 0.6 is 11.3 Å². The SMILES string of the molecule is Nc1nc2c(s1)CCN(CC1CC1c1cccc3ccccc13)CC2. The third-order valence-corrected chi connectivity index (χ3v) is 6.74. The molecule has 3 nitrogen and oxygen atoms in total. The van der Waals surface area contributed by atoms with Gasteiger partial charge >= 0.3 is 0 Å². The van der Waals surface area contributed by atoms with E-state index in [2.05, 4.69) is 52.3 Å². The lowest BCUT2D eigenvalue weighted by molar-refractivity contribution is 0.274. The van der Waals surface area contributed by atoms with Gasteiger partial charge in [-0.25, -0.2) is 4.98 Å². The summed E-state index contributed by atoms with van der Waals surface area (Å²) in [6.07, 6.45) is 3.49. The highest BCUT2D eigenvalue weighted by Gasteiger charge is 2.40. The van der Waals surface area contributed by atoms with Gasteiger partial charge in [0.1, 0.15) is 0 Å². The zero-order valence-electron chi connectivity index (χ0n) is 14.3. The van der Waals surface area contributed by atoms with E-state index in [1.807, 2.05) is 0 Å². The van der Waals surface area contributed by atoms with E-state index in [1.165, 1.54) is 34.3 Å². The van der Waals surface area contributed by atoms with Crippen LogP contribution in [0.3, 0.4) is 0 Å².